The molecule has 1 N–H and O–H groups in total. The van der Waals surface area contributed by atoms with E-state index in [1.807, 2.05) is 0 Å². The van der Waals surface area contributed by atoms with Crippen LogP contribution in [0.3, 0.4) is 0 Å². The fourth-order valence-corrected chi connectivity index (χ4v) is 2.19. The summed E-state index contributed by atoms with van der Waals surface area (Å²) in [6.07, 6.45) is 6.59. The van der Waals surface area contributed by atoms with Crippen LogP contribution in [0.2, 0.25) is 0 Å². The maximum atomic E-state index is 10.8. The quantitative estimate of drug-likeness (QED) is 0.822. The highest BCUT2D eigenvalue weighted by Gasteiger charge is 2.34. The second-order valence-corrected chi connectivity index (χ2v) is 5.21. The van der Waals surface area contributed by atoms with E-state index >= 15 is 0 Å². The first kappa shape index (κ1) is 10.8. The standard InChI is InChI=1S/C13H17NO3/c15-13(16)10-5-12(17-8-10)7-14(11-3-4-11)6-9-1-2-9/h5,8-9,11H,1-4,6-7H2,(H,15,16). The second-order valence-electron chi connectivity index (χ2n) is 5.21. The zero-order chi connectivity index (χ0) is 11.8. The van der Waals surface area contributed by atoms with Crippen LogP contribution in [-0.2, 0) is 6.54 Å². The summed E-state index contributed by atoms with van der Waals surface area (Å²) in [6.45, 7) is 1.90. The highest BCUT2D eigenvalue weighted by molar-refractivity contribution is 5.87. The van der Waals surface area contributed by atoms with Gasteiger partial charge in [-0.3, -0.25) is 4.90 Å². The van der Waals surface area contributed by atoms with Crippen LogP contribution in [0.4, 0.5) is 0 Å². The van der Waals surface area contributed by atoms with E-state index in [0.29, 0.717) is 6.04 Å². The SMILES string of the molecule is O=C(O)c1coc(CN(CC2CC2)C2CC2)c1. The Bertz CT molecular complexity index is 418. The summed E-state index contributed by atoms with van der Waals surface area (Å²) in [6, 6.07) is 2.35. The molecule has 4 nitrogen and oxygen atoms in total. The molecule has 1 aromatic heterocycles. The lowest BCUT2D eigenvalue weighted by atomic mass is 10.3. The van der Waals surface area contributed by atoms with Gasteiger partial charge in [-0.1, -0.05) is 0 Å². The van der Waals surface area contributed by atoms with E-state index in [1.165, 1.54) is 31.9 Å². The molecule has 0 saturated heterocycles. The molecule has 92 valence electrons. The summed E-state index contributed by atoms with van der Waals surface area (Å²) in [5, 5.41) is 8.84. The van der Waals surface area contributed by atoms with Crippen molar-refractivity contribution in [2.75, 3.05) is 6.54 Å². The van der Waals surface area contributed by atoms with Crippen LogP contribution in [0.25, 0.3) is 0 Å². The second kappa shape index (κ2) is 4.18. The van der Waals surface area contributed by atoms with Gasteiger partial charge in [-0.05, 0) is 37.7 Å². The van der Waals surface area contributed by atoms with E-state index in [0.717, 1.165) is 24.8 Å². The molecule has 2 aliphatic rings. The molecule has 0 amide bonds. The van der Waals surface area contributed by atoms with Gasteiger partial charge in [0.25, 0.3) is 0 Å². The Morgan fingerprint density at radius 2 is 2.18 bits per heavy atom. The lowest BCUT2D eigenvalue weighted by molar-refractivity contribution is 0.0696. The van der Waals surface area contributed by atoms with Crippen LogP contribution in [0.1, 0.15) is 41.8 Å². The van der Waals surface area contributed by atoms with Gasteiger partial charge in [-0.15, -0.1) is 0 Å². The Morgan fingerprint density at radius 1 is 1.41 bits per heavy atom. The number of rotatable bonds is 6. The van der Waals surface area contributed by atoms with E-state index in [1.54, 1.807) is 6.07 Å². The number of carboxylic acid groups (broad SMARTS) is 1. The lowest BCUT2D eigenvalue weighted by Crippen LogP contribution is -2.27. The monoisotopic (exact) mass is 235 g/mol. The highest BCUT2D eigenvalue weighted by atomic mass is 16.4. The van der Waals surface area contributed by atoms with Crippen molar-refractivity contribution in [2.45, 2.75) is 38.3 Å². The molecule has 3 rings (SSSR count). The predicted octanol–water partition coefficient (Wildman–Crippen LogP) is 2.35. The molecule has 17 heavy (non-hydrogen) atoms. The third kappa shape index (κ3) is 2.69. The molecule has 2 fully saturated rings. The third-order valence-electron chi connectivity index (χ3n) is 3.51. The number of hydrogen-bond donors (Lipinski definition) is 1. The maximum Gasteiger partial charge on any atom is 0.338 e. The van der Waals surface area contributed by atoms with Crippen molar-refractivity contribution in [2.24, 2.45) is 5.92 Å². The Morgan fingerprint density at radius 3 is 2.71 bits per heavy atom. The molecule has 0 aromatic carbocycles. The first-order chi connectivity index (χ1) is 8.22. The molecular formula is C13H17NO3. The van der Waals surface area contributed by atoms with Gasteiger partial charge in [0.1, 0.15) is 12.0 Å². The molecule has 0 atom stereocenters. The highest BCUT2D eigenvalue weighted by Crippen LogP contribution is 2.35. The molecule has 2 saturated carbocycles. The number of carbonyl (C=O) groups is 1. The summed E-state index contributed by atoms with van der Waals surface area (Å²) >= 11 is 0. The molecule has 0 radical (unpaired) electrons. The van der Waals surface area contributed by atoms with Crippen LogP contribution >= 0.6 is 0 Å². The van der Waals surface area contributed by atoms with Crippen molar-refractivity contribution in [1.29, 1.82) is 0 Å². The van der Waals surface area contributed by atoms with Crippen LogP contribution in [-0.4, -0.2) is 28.6 Å². The van der Waals surface area contributed by atoms with Crippen molar-refractivity contribution in [3.05, 3.63) is 23.7 Å². The number of carboxylic acids is 1. The third-order valence-corrected chi connectivity index (χ3v) is 3.51. The molecule has 1 heterocycles. The fourth-order valence-electron chi connectivity index (χ4n) is 2.19. The largest absolute Gasteiger partial charge is 0.478 e. The summed E-state index contributed by atoms with van der Waals surface area (Å²) < 4.78 is 5.31. The van der Waals surface area contributed by atoms with Gasteiger partial charge in [-0.25, -0.2) is 4.79 Å². The predicted molar refractivity (Wildman–Crippen MR) is 61.8 cm³/mol. The maximum absolute atomic E-state index is 10.8. The van der Waals surface area contributed by atoms with Crippen LogP contribution in [0.15, 0.2) is 16.7 Å². The zero-order valence-corrected chi connectivity index (χ0v) is 9.76. The number of nitrogens with zero attached hydrogens (tertiary/aromatic N) is 1. The van der Waals surface area contributed by atoms with Gasteiger partial charge in [0.15, 0.2) is 0 Å². The van der Waals surface area contributed by atoms with Crippen molar-refractivity contribution >= 4 is 5.97 Å². The van der Waals surface area contributed by atoms with E-state index in [2.05, 4.69) is 4.90 Å². The molecule has 2 aliphatic carbocycles. The molecule has 4 heteroatoms. The average Bonchev–Trinajstić information content (AvgIpc) is 3.17. The fraction of sp³-hybridized carbons (Fsp3) is 0.615. The average molecular weight is 235 g/mol. The van der Waals surface area contributed by atoms with E-state index < -0.39 is 5.97 Å². The molecule has 0 aliphatic heterocycles. The normalized spacial score (nSPS) is 19.8. The summed E-state index contributed by atoms with van der Waals surface area (Å²) in [7, 11) is 0. The summed E-state index contributed by atoms with van der Waals surface area (Å²) in [5.74, 6) is 0.722. The number of aromatic carboxylic acids is 1. The zero-order valence-electron chi connectivity index (χ0n) is 9.76. The lowest BCUT2D eigenvalue weighted by Gasteiger charge is -2.20. The van der Waals surface area contributed by atoms with Crippen LogP contribution in [0, 0.1) is 5.92 Å². The van der Waals surface area contributed by atoms with Gasteiger partial charge in [0.2, 0.25) is 0 Å². The van der Waals surface area contributed by atoms with Gasteiger partial charge >= 0.3 is 5.97 Å². The van der Waals surface area contributed by atoms with E-state index in [9.17, 15) is 4.79 Å². The van der Waals surface area contributed by atoms with E-state index in [-0.39, 0.29) is 5.56 Å². The minimum absolute atomic E-state index is 0.252. The minimum atomic E-state index is -0.917. The smallest absolute Gasteiger partial charge is 0.338 e. The summed E-state index contributed by atoms with van der Waals surface area (Å²) in [5.41, 5.74) is 0.252. The molecule has 1 aromatic rings. The van der Waals surface area contributed by atoms with Crippen molar-refractivity contribution in [1.82, 2.24) is 4.90 Å². The Balaban J connectivity index is 1.63. The first-order valence-electron chi connectivity index (χ1n) is 6.27. The van der Waals surface area contributed by atoms with Crippen molar-refractivity contribution in [3.8, 4) is 0 Å². The number of hydrogen-bond acceptors (Lipinski definition) is 3. The van der Waals surface area contributed by atoms with Gasteiger partial charge < -0.3 is 9.52 Å². The molecule has 0 spiro atoms. The molecular weight excluding hydrogens is 218 g/mol. The van der Waals surface area contributed by atoms with Crippen molar-refractivity contribution in [3.63, 3.8) is 0 Å². The first-order valence-corrected chi connectivity index (χ1v) is 6.27. The van der Waals surface area contributed by atoms with Crippen LogP contribution < -0.4 is 0 Å². The van der Waals surface area contributed by atoms with Crippen LogP contribution in [0.5, 0.6) is 0 Å². The Labute approximate surface area is 100 Å². The minimum Gasteiger partial charge on any atom is -0.478 e. The molecule has 0 bridgehead atoms. The van der Waals surface area contributed by atoms with E-state index in [4.69, 9.17) is 9.52 Å². The Hall–Kier alpha value is -1.29. The van der Waals surface area contributed by atoms with Gasteiger partial charge in [-0.2, -0.15) is 0 Å². The topological polar surface area (TPSA) is 53.7 Å². The van der Waals surface area contributed by atoms with Gasteiger partial charge in [0, 0.05) is 12.6 Å². The van der Waals surface area contributed by atoms with Crippen molar-refractivity contribution < 1.29 is 14.3 Å². The Kier molecular flexibility index (Phi) is 2.67. The van der Waals surface area contributed by atoms with Gasteiger partial charge in [0.05, 0.1) is 12.1 Å². The molecule has 0 unspecified atom stereocenters. The number of furan rings is 1. The summed E-state index contributed by atoms with van der Waals surface area (Å²) in [4.78, 5) is 13.2.